The van der Waals surface area contributed by atoms with Crippen molar-refractivity contribution in [2.75, 3.05) is 30.4 Å². The van der Waals surface area contributed by atoms with Crippen molar-refractivity contribution < 1.29 is 9.53 Å². The quantitative estimate of drug-likeness (QED) is 0.799. The lowest BCUT2D eigenvalue weighted by molar-refractivity contribution is 0.189. The van der Waals surface area contributed by atoms with Crippen molar-refractivity contribution in [3.8, 4) is 0 Å². The molecular weight excluding hydrogens is 230 g/mol. The SMILES string of the molecule is CCN(C(=O)NC1CCOC1)c1ccc(N)cc1. The van der Waals surface area contributed by atoms with Crippen molar-refractivity contribution in [1.82, 2.24) is 5.32 Å². The summed E-state index contributed by atoms with van der Waals surface area (Å²) in [6, 6.07) is 7.33. The topological polar surface area (TPSA) is 67.6 Å². The van der Waals surface area contributed by atoms with Gasteiger partial charge in [-0.3, -0.25) is 4.90 Å². The highest BCUT2D eigenvalue weighted by atomic mass is 16.5. The summed E-state index contributed by atoms with van der Waals surface area (Å²) in [6.07, 6.45) is 0.880. The van der Waals surface area contributed by atoms with Crippen molar-refractivity contribution in [1.29, 1.82) is 0 Å². The molecule has 1 aliphatic heterocycles. The summed E-state index contributed by atoms with van der Waals surface area (Å²) in [5, 5.41) is 2.97. The lowest BCUT2D eigenvalue weighted by Crippen LogP contribution is -2.45. The van der Waals surface area contributed by atoms with Gasteiger partial charge >= 0.3 is 6.03 Å². The van der Waals surface area contributed by atoms with E-state index in [2.05, 4.69) is 5.32 Å². The van der Waals surface area contributed by atoms with E-state index in [1.807, 2.05) is 19.1 Å². The Labute approximate surface area is 107 Å². The molecule has 1 heterocycles. The smallest absolute Gasteiger partial charge is 0.322 e. The number of urea groups is 1. The minimum atomic E-state index is -0.0854. The fourth-order valence-corrected chi connectivity index (χ4v) is 2.00. The van der Waals surface area contributed by atoms with Crippen LogP contribution < -0.4 is 16.0 Å². The number of nitrogens with two attached hydrogens (primary N) is 1. The predicted molar refractivity (Wildman–Crippen MR) is 71.6 cm³/mol. The molecular formula is C13H19N3O2. The zero-order valence-corrected chi connectivity index (χ0v) is 10.6. The van der Waals surface area contributed by atoms with E-state index in [9.17, 15) is 4.79 Å². The molecule has 98 valence electrons. The summed E-state index contributed by atoms with van der Waals surface area (Å²) in [4.78, 5) is 13.8. The molecule has 0 saturated carbocycles. The Morgan fingerprint density at radius 2 is 2.22 bits per heavy atom. The normalized spacial score (nSPS) is 18.6. The Morgan fingerprint density at radius 3 is 2.78 bits per heavy atom. The maximum Gasteiger partial charge on any atom is 0.322 e. The monoisotopic (exact) mass is 249 g/mol. The second-order valence-corrected chi connectivity index (χ2v) is 4.35. The molecule has 0 aromatic heterocycles. The molecule has 3 N–H and O–H groups in total. The van der Waals surface area contributed by atoms with Gasteiger partial charge in [0.25, 0.3) is 0 Å². The van der Waals surface area contributed by atoms with Crippen molar-refractivity contribution in [2.24, 2.45) is 0 Å². The molecule has 1 atom stereocenters. The molecule has 1 aromatic rings. The van der Waals surface area contributed by atoms with Crippen molar-refractivity contribution in [3.05, 3.63) is 24.3 Å². The van der Waals surface area contributed by atoms with Gasteiger partial charge in [0.05, 0.1) is 12.6 Å². The van der Waals surface area contributed by atoms with Crippen LogP contribution in [0, 0.1) is 0 Å². The number of nitrogens with one attached hydrogen (secondary N) is 1. The molecule has 2 amide bonds. The zero-order valence-electron chi connectivity index (χ0n) is 10.6. The number of amides is 2. The Hall–Kier alpha value is -1.75. The van der Waals surface area contributed by atoms with E-state index in [0.29, 0.717) is 18.8 Å². The average Bonchev–Trinajstić information content (AvgIpc) is 2.85. The number of anilines is 2. The molecule has 1 unspecified atom stereocenters. The molecule has 1 fully saturated rings. The number of hydrogen-bond donors (Lipinski definition) is 2. The number of rotatable bonds is 3. The van der Waals surface area contributed by atoms with Gasteiger partial charge in [0.15, 0.2) is 0 Å². The zero-order chi connectivity index (χ0) is 13.0. The molecule has 1 aromatic carbocycles. The van der Waals surface area contributed by atoms with E-state index >= 15 is 0 Å². The molecule has 0 spiro atoms. The summed E-state index contributed by atoms with van der Waals surface area (Å²) in [5.41, 5.74) is 7.18. The fraction of sp³-hybridized carbons (Fsp3) is 0.462. The van der Waals surface area contributed by atoms with Crippen LogP contribution in [0.3, 0.4) is 0 Å². The number of nitrogens with zero attached hydrogens (tertiary/aromatic N) is 1. The number of hydrogen-bond acceptors (Lipinski definition) is 3. The summed E-state index contributed by atoms with van der Waals surface area (Å²) >= 11 is 0. The third kappa shape index (κ3) is 2.92. The van der Waals surface area contributed by atoms with E-state index < -0.39 is 0 Å². The van der Waals surface area contributed by atoms with Crippen LogP contribution in [0.2, 0.25) is 0 Å². The number of carbonyl (C=O) groups excluding carboxylic acids is 1. The highest BCUT2D eigenvalue weighted by molar-refractivity contribution is 5.92. The minimum Gasteiger partial charge on any atom is -0.399 e. The third-order valence-corrected chi connectivity index (χ3v) is 3.02. The number of nitrogen functional groups attached to an aromatic ring is 1. The lowest BCUT2D eigenvalue weighted by atomic mass is 10.2. The molecule has 1 aliphatic rings. The van der Waals surface area contributed by atoms with E-state index in [4.69, 9.17) is 10.5 Å². The van der Waals surface area contributed by atoms with Gasteiger partial charge in [-0.2, -0.15) is 0 Å². The molecule has 1 saturated heterocycles. The van der Waals surface area contributed by atoms with Crippen molar-refractivity contribution in [3.63, 3.8) is 0 Å². The molecule has 5 nitrogen and oxygen atoms in total. The first-order chi connectivity index (χ1) is 8.70. The molecule has 0 bridgehead atoms. The van der Waals surface area contributed by atoms with E-state index in [1.54, 1.807) is 17.0 Å². The van der Waals surface area contributed by atoms with Gasteiger partial charge < -0.3 is 15.8 Å². The van der Waals surface area contributed by atoms with Crippen LogP contribution in [0.15, 0.2) is 24.3 Å². The van der Waals surface area contributed by atoms with Gasteiger partial charge in [-0.05, 0) is 37.6 Å². The Morgan fingerprint density at radius 1 is 1.50 bits per heavy atom. The first-order valence-corrected chi connectivity index (χ1v) is 6.22. The lowest BCUT2D eigenvalue weighted by Gasteiger charge is -2.23. The van der Waals surface area contributed by atoms with Crippen molar-refractivity contribution >= 4 is 17.4 Å². The molecule has 0 aliphatic carbocycles. The maximum absolute atomic E-state index is 12.1. The highest BCUT2D eigenvalue weighted by Crippen LogP contribution is 2.16. The predicted octanol–water partition coefficient (Wildman–Crippen LogP) is 1.59. The Balaban J connectivity index is 2.02. The number of benzene rings is 1. The maximum atomic E-state index is 12.1. The van der Waals surface area contributed by atoms with Crippen LogP contribution in [-0.2, 0) is 4.74 Å². The van der Waals surface area contributed by atoms with Crippen LogP contribution in [0.5, 0.6) is 0 Å². The first kappa shape index (κ1) is 12.7. The second-order valence-electron chi connectivity index (χ2n) is 4.35. The number of carbonyl (C=O) groups is 1. The summed E-state index contributed by atoms with van der Waals surface area (Å²) in [5.74, 6) is 0. The Bertz CT molecular complexity index is 399. The molecule has 18 heavy (non-hydrogen) atoms. The molecule has 0 radical (unpaired) electrons. The Kier molecular flexibility index (Phi) is 4.04. The van der Waals surface area contributed by atoms with Crippen LogP contribution in [0.25, 0.3) is 0 Å². The fourth-order valence-electron chi connectivity index (χ4n) is 2.00. The summed E-state index contributed by atoms with van der Waals surface area (Å²) in [7, 11) is 0. The van der Waals surface area contributed by atoms with Gasteiger partial charge in [-0.1, -0.05) is 0 Å². The van der Waals surface area contributed by atoms with E-state index in [1.165, 1.54) is 0 Å². The second kappa shape index (κ2) is 5.73. The van der Waals surface area contributed by atoms with E-state index in [-0.39, 0.29) is 12.1 Å². The van der Waals surface area contributed by atoms with Gasteiger partial charge in [-0.25, -0.2) is 4.79 Å². The van der Waals surface area contributed by atoms with Gasteiger partial charge in [-0.15, -0.1) is 0 Å². The third-order valence-electron chi connectivity index (χ3n) is 3.02. The van der Waals surface area contributed by atoms with Crippen LogP contribution in [0.1, 0.15) is 13.3 Å². The summed E-state index contributed by atoms with van der Waals surface area (Å²) in [6.45, 7) is 3.88. The highest BCUT2D eigenvalue weighted by Gasteiger charge is 2.21. The van der Waals surface area contributed by atoms with Crippen LogP contribution in [0.4, 0.5) is 16.2 Å². The van der Waals surface area contributed by atoms with Crippen LogP contribution in [-0.4, -0.2) is 31.8 Å². The van der Waals surface area contributed by atoms with Gasteiger partial charge in [0.2, 0.25) is 0 Å². The van der Waals surface area contributed by atoms with Crippen LogP contribution >= 0.6 is 0 Å². The molecule has 2 rings (SSSR count). The van der Waals surface area contributed by atoms with Gasteiger partial charge in [0, 0.05) is 24.5 Å². The largest absolute Gasteiger partial charge is 0.399 e. The average molecular weight is 249 g/mol. The van der Waals surface area contributed by atoms with E-state index in [0.717, 1.165) is 18.7 Å². The standard InChI is InChI=1S/C13H19N3O2/c1-2-16(12-5-3-10(14)4-6-12)13(17)15-11-7-8-18-9-11/h3-6,11H,2,7-9,14H2,1H3,(H,15,17). The number of ether oxygens (including phenoxy) is 1. The first-order valence-electron chi connectivity index (χ1n) is 6.22. The summed E-state index contributed by atoms with van der Waals surface area (Å²) < 4.78 is 5.24. The van der Waals surface area contributed by atoms with Gasteiger partial charge in [0.1, 0.15) is 0 Å². The molecule has 5 heteroatoms. The van der Waals surface area contributed by atoms with Crippen molar-refractivity contribution in [2.45, 2.75) is 19.4 Å². The minimum absolute atomic E-state index is 0.0854.